The molecule has 0 heterocycles. The summed E-state index contributed by atoms with van der Waals surface area (Å²) < 4.78 is 5.31. The average Bonchev–Trinajstić information content (AvgIpc) is 3.12. The molecule has 0 aliphatic heterocycles. The zero-order valence-electron chi connectivity index (χ0n) is 10.3. The SMILES string of the molecule is CCC(C)(OC)C(=O)N(CCC#N)C1CC1. The molecule has 1 unspecified atom stereocenters. The van der Waals surface area contributed by atoms with Crippen molar-refractivity contribution in [3.8, 4) is 6.07 Å². The predicted octanol–water partition coefficient (Wildman–Crippen LogP) is 1.71. The summed E-state index contributed by atoms with van der Waals surface area (Å²) in [7, 11) is 1.57. The van der Waals surface area contributed by atoms with Crippen molar-refractivity contribution in [3.05, 3.63) is 0 Å². The highest BCUT2D eigenvalue weighted by molar-refractivity contribution is 5.85. The quantitative estimate of drug-likeness (QED) is 0.690. The third-order valence-electron chi connectivity index (χ3n) is 3.29. The molecule has 0 saturated heterocycles. The third kappa shape index (κ3) is 2.73. The Labute approximate surface area is 97.2 Å². The van der Waals surface area contributed by atoms with E-state index in [-0.39, 0.29) is 5.91 Å². The van der Waals surface area contributed by atoms with E-state index in [0.29, 0.717) is 25.4 Å². The van der Waals surface area contributed by atoms with E-state index in [2.05, 4.69) is 6.07 Å². The van der Waals surface area contributed by atoms with Crippen LogP contribution in [0.4, 0.5) is 0 Å². The second kappa shape index (κ2) is 5.31. The van der Waals surface area contributed by atoms with Crippen LogP contribution in [-0.2, 0) is 9.53 Å². The monoisotopic (exact) mass is 224 g/mol. The van der Waals surface area contributed by atoms with Gasteiger partial charge in [0, 0.05) is 19.7 Å². The van der Waals surface area contributed by atoms with E-state index >= 15 is 0 Å². The highest BCUT2D eigenvalue weighted by Crippen LogP contribution is 2.30. The fraction of sp³-hybridized carbons (Fsp3) is 0.833. The van der Waals surface area contributed by atoms with Crippen LogP contribution < -0.4 is 0 Å². The van der Waals surface area contributed by atoms with E-state index in [1.807, 2.05) is 18.7 Å². The average molecular weight is 224 g/mol. The van der Waals surface area contributed by atoms with Gasteiger partial charge in [-0.25, -0.2) is 0 Å². The van der Waals surface area contributed by atoms with Gasteiger partial charge in [-0.1, -0.05) is 6.92 Å². The van der Waals surface area contributed by atoms with Crippen molar-refractivity contribution >= 4 is 5.91 Å². The lowest BCUT2D eigenvalue weighted by Gasteiger charge is -2.32. The number of nitriles is 1. The van der Waals surface area contributed by atoms with Gasteiger partial charge in [-0.15, -0.1) is 0 Å². The first-order chi connectivity index (χ1) is 7.59. The van der Waals surface area contributed by atoms with Crippen molar-refractivity contribution in [2.75, 3.05) is 13.7 Å². The molecule has 0 aromatic heterocycles. The molecule has 0 aromatic carbocycles. The normalized spacial score (nSPS) is 18.6. The van der Waals surface area contributed by atoms with E-state index in [9.17, 15) is 4.79 Å². The number of amides is 1. The van der Waals surface area contributed by atoms with Crippen LogP contribution in [0.5, 0.6) is 0 Å². The molecule has 1 saturated carbocycles. The third-order valence-corrected chi connectivity index (χ3v) is 3.29. The van der Waals surface area contributed by atoms with E-state index < -0.39 is 5.60 Å². The molecule has 16 heavy (non-hydrogen) atoms. The maximum atomic E-state index is 12.3. The van der Waals surface area contributed by atoms with E-state index in [1.54, 1.807) is 7.11 Å². The van der Waals surface area contributed by atoms with Gasteiger partial charge in [-0.3, -0.25) is 4.79 Å². The van der Waals surface area contributed by atoms with Crippen molar-refractivity contribution in [2.45, 2.75) is 51.2 Å². The Morgan fingerprint density at radius 3 is 2.62 bits per heavy atom. The molecular formula is C12H20N2O2. The van der Waals surface area contributed by atoms with Crippen LogP contribution >= 0.6 is 0 Å². The number of ether oxygens (including phenoxy) is 1. The zero-order chi connectivity index (χ0) is 12.2. The van der Waals surface area contributed by atoms with Gasteiger partial charge in [0.2, 0.25) is 0 Å². The number of methoxy groups -OCH3 is 1. The largest absolute Gasteiger partial charge is 0.369 e. The zero-order valence-corrected chi connectivity index (χ0v) is 10.3. The summed E-state index contributed by atoms with van der Waals surface area (Å²) in [5, 5.41) is 8.60. The van der Waals surface area contributed by atoms with Crippen LogP contribution in [-0.4, -0.2) is 36.1 Å². The van der Waals surface area contributed by atoms with Crippen LogP contribution in [0.3, 0.4) is 0 Å². The summed E-state index contributed by atoms with van der Waals surface area (Å²) in [5.74, 6) is 0.0234. The molecule has 0 spiro atoms. The fourth-order valence-corrected chi connectivity index (χ4v) is 1.69. The van der Waals surface area contributed by atoms with E-state index in [4.69, 9.17) is 10.00 Å². The highest BCUT2D eigenvalue weighted by Gasteiger charge is 2.41. The molecule has 1 fully saturated rings. The van der Waals surface area contributed by atoms with E-state index in [0.717, 1.165) is 12.8 Å². The van der Waals surface area contributed by atoms with Crippen molar-refractivity contribution < 1.29 is 9.53 Å². The minimum absolute atomic E-state index is 0.0234. The van der Waals surface area contributed by atoms with Crippen molar-refractivity contribution in [1.29, 1.82) is 5.26 Å². The molecule has 0 aromatic rings. The Balaban J connectivity index is 2.70. The van der Waals surface area contributed by atoms with Gasteiger partial charge in [0.05, 0.1) is 12.5 Å². The number of carbonyl (C=O) groups is 1. The lowest BCUT2D eigenvalue weighted by Crippen LogP contribution is -2.49. The Morgan fingerprint density at radius 2 is 2.25 bits per heavy atom. The summed E-state index contributed by atoms with van der Waals surface area (Å²) in [6.45, 7) is 4.28. The lowest BCUT2D eigenvalue weighted by atomic mass is 10.0. The fourth-order valence-electron chi connectivity index (χ4n) is 1.69. The number of hydrogen-bond acceptors (Lipinski definition) is 3. The summed E-state index contributed by atoms with van der Waals surface area (Å²) in [4.78, 5) is 14.1. The molecule has 90 valence electrons. The van der Waals surface area contributed by atoms with Gasteiger partial charge in [-0.05, 0) is 26.2 Å². The van der Waals surface area contributed by atoms with Gasteiger partial charge >= 0.3 is 0 Å². The maximum Gasteiger partial charge on any atom is 0.254 e. The number of rotatable bonds is 6. The predicted molar refractivity (Wildman–Crippen MR) is 60.7 cm³/mol. The Kier molecular flexibility index (Phi) is 4.31. The van der Waals surface area contributed by atoms with Crippen LogP contribution in [0.25, 0.3) is 0 Å². The second-order valence-electron chi connectivity index (χ2n) is 4.43. The van der Waals surface area contributed by atoms with Crippen LogP contribution in [0.15, 0.2) is 0 Å². The van der Waals surface area contributed by atoms with Gasteiger partial charge in [0.25, 0.3) is 5.91 Å². The molecule has 0 radical (unpaired) electrons. The molecule has 4 nitrogen and oxygen atoms in total. The van der Waals surface area contributed by atoms with Crippen molar-refractivity contribution in [1.82, 2.24) is 4.90 Å². The molecule has 1 atom stereocenters. The molecule has 4 heteroatoms. The second-order valence-corrected chi connectivity index (χ2v) is 4.43. The molecule has 1 aliphatic rings. The molecule has 0 bridgehead atoms. The van der Waals surface area contributed by atoms with Gasteiger partial charge in [0.1, 0.15) is 5.60 Å². The summed E-state index contributed by atoms with van der Waals surface area (Å²) in [6, 6.07) is 2.42. The van der Waals surface area contributed by atoms with Gasteiger partial charge in [-0.2, -0.15) is 5.26 Å². The van der Waals surface area contributed by atoms with E-state index in [1.165, 1.54) is 0 Å². The number of carbonyl (C=O) groups excluding carboxylic acids is 1. The molecule has 0 N–H and O–H groups in total. The minimum Gasteiger partial charge on any atom is -0.369 e. The Morgan fingerprint density at radius 1 is 1.62 bits per heavy atom. The van der Waals surface area contributed by atoms with Crippen molar-refractivity contribution in [3.63, 3.8) is 0 Å². The lowest BCUT2D eigenvalue weighted by molar-refractivity contribution is -0.154. The summed E-state index contributed by atoms with van der Waals surface area (Å²) in [6.07, 6.45) is 3.16. The minimum atomic E-state index is -0.738. The highest BCUT2D eigenvalue weighted by atomic mass is 16.5. The Hall–Kier alpha value is -1.08. The topological polar surface area (TPSA) is 53.3 Å². The first-order valence-corrected chi connectivity index (χ1v) is 5.82. The standard InChI is InChI=1S/C12H20N2O2/c1-4-12(2,16-3)11(15)14(9-5-8-13)10-6-7-10/h10H,4-7,9H2,1-3H3. The summed E-state index contributed by atoms with van der Waals surface area (Å²) >= 11 is 0. The molecular weight excluding hydrogens is 204 g/mol. The number of nitrogens with zero attached hydrogens (tertiary/aromatic N) is 2. The Bertz CT molecular complexity index is 288. The van der Waals surface area contributed by atoms with Crippen molar-refractivity contribution in [2.24, 2.45) is 0 Å². The van der Waals surface area contributed by atoms with Gasteiger partial charge < -0.3 is 9.64 Å². The first-order valence-electron chi connectivity index (χ1n) is 5.82. The maximum absolute atomic E-state index is 12.3. The molecule has 1 aliphatic carbocycles. The van der Waals surface area contributed by atoms with Crippen LogP contribution in [0.2, 0.25) is 0 Å². The number of hydrogen-bond donors (Lipinski definition) is 0. The van der Waals surface area contributed by atoms with Crippen LogP contribution in [0, 0.1) is 11.3 Å². The first kappa shape index (κ1) is 13.0. The summed E-state index contributed by atoms with van der Waals surface area (Å²) in [5.41, 5.74) is -0.738. The van der Waals surface area contributed by atoms with Crippen LogP contribution in [0.1, 0.15) is 39.5 Å². The van der Waals surface area contributed by atoms with Gasteiger partial charge in [0.15, 0.2) is 0 Å². The molecule has 1 rings (SSSR count). The smallest absolute Gasteiger partial charge is 0.254 e. The molecule has 1 amide bonds.